The fraction of sp³-hybridized carbons (Fsp3) is 0.652. The van der Waals surface area contributed by atoms with Gasteiger partial charge in [-0.25, -0.2) is 9.97 Å². The number of halogens is 3. The molecule has 2 saturated heterocycles. The van der Waals surface area contributed by atoms with Gasteiger partial charge in [0.05, 0.1) is 10.9 Å². The van der Waals surface area contributed by atoms with Crippen molar-refractivity contribution in [2.45, 2.75) is 38.3 Å². The van der Waals surface area contributed by atoms with Gasteiger partial charge in [0.15, 0.2) is 0 Å². The number of thiazole rings is 1. The van der Waals surface area contributed by atoms with Crippen LogP contribution in [0.5, 0.6) is 0 Å². The number of nitrogens with zero attached hydrogens (tertiary/aromatic N) is 5. The smallest absolute Gasteiger partial charge is 0.369 e. The quantitative estimate of drug-likeness (QED) is 0.429. The number of hydrogen-bond donors (Lipinski definition) is 3. The molecule has 0 aromatic carbocycles. The van der Waals surface area contributed by atoms with Gasteiger partial charge in [-0.3, -0.25) is 4.79 Å². The maximum Gasteiger partial charge on any atom is 0.421 e. The number of alkyl halides is 3. The predicted molar refractivity (Wildman–Crippen MR) is 134 cm³/mol. The van der Waals surface area contributed by atoms with E-state index in [0.717, 1.165) is 55.1 Å². The first-order valence-corrected chi connectivity index (χ1v) is 13.0. The topological polar surface area (TPSA) is 98.3 Å². The Balaban J connectivity index is 1.36. The van der Waals surface area contributed by atoms with Gasteiger partial charge in [-0.15, -0.1) is 11.3 Å². The molecule has 4 rings (SSSR count). The van der Waals surface area contributed by atoms with Crippen LogP contribution in [0.25, 0.3) is 0 Å². The van der Waals surface area contributed by atoms with Gasteiger partial charge in [-0.2, -0.15) is 18.2 Å². The number of piperidine rings is 1. The second-order valence-corrected chi connectivity index (χ2v) is 10.8. The van der Waals surface area contributed by atoms with Crippen LogP contribution in [-0.4, -0.2) is 84.0 Å². The first-order chi connectivity index (χ1) is 17.1. The molecular weight excluding hydrogens is 493 g/mol. The summed E-state index contributed by atoms with van der Waals surface area (Å²) in [7, 11) is 4.05. The molecule has 2 aromatic heterocycles. The molecule has 13 heteroatoms. The molecule has 9 nitrogen and oxygen atoms in total. The van der Waals surface area contributed by atoms with Crippen molar-refractivity contribution in [3.63, 3.8) is 0 Å². The van der Waals surface area contributed by atoms with Gasteiger partial charge < -0.3 is 25.8 Å². The van der Waals surface area contributed by atoms with Crippen LogP contribution >= 0.6 is 11.3 Å². The molecule has 198 valence electrons. The molecular formula is C23H33F3N8OS. The lowest BCUT2D eigenvalue weighted by Crippen LogP contribution is -2.51. The lowest BCUT2D eigenvalue weighted by molar-refractivity contribution is -0.137. The van der Waals surface area contributed by atoms with Gasteiger partial charge in [-0.05, 0) is 53.4 Å². The Morgan fingerprint density at radius 2 is 1.83 bits per heavy atom. The lowest BCUT2D eigenvalue weighted by atomic mass is 9.98. The molecule has 36 heavy (non-hydrogen) atoms. The first kappa shape index (κ1) is 26.6. The highest BCUT2D eigenvalue weighted by Crippen LogP contribution is 2.36. The number of amides is 1. The second-order valence-electron chi connectivity index (χ2n) is 9.60. The van der Waals surface area contributed by atoms with E-state index in [-0.39, 0.29) is 30.1 Å². The molecule has 0 radical (unpaired) electrons. The molecule has 0 atom stereocenters. The summed E-state index contributed by atoms with van der Waals surface area (Å²) in [5.74, 6) is 0.688. The summed E-state index contributed by atoms with van der Waals surface area (Å²) in [5, 5.41) is 9.64. The Morgan fingerprint density at radius 1 is 1.11 bits per heavy atom. The SMILES string of the molecule is Cc1sc(C2CCN(C)CC2)nc1Nc1ncc(C(F)(F)F)c(NCCCNC(=O)C2CN(C)C2)n1. The van der Waals surface area contributed by atoms with Crippen LogP contribution in [0.1, 0.15) is 40.6 Å². The van der Waals surface area contributed by atoms with E-state index in [4.69, 9.17) is 4.98 Å². The molecule has 0 bridgehead atoms. The summed E-state index contributed by atoms with van der Waals surface area (Å²) in [5.41, 5.74) is -0.934. The van der Waals surface area contributed by atoms with Crippen LogP contribution < -0.4 is 16.0 Å². The fourth-order valence-electron chi connectivity index (χ4n) is 4.37. The standard InChI is InChI=1S/C23H33F3N8OS/c1-14-18(30-21(36-14)15-5-9-33(2)10-6-15)31-22-29-11-17(23(24,25)26)19(32-22)27-7-4-8-28-20(35)16-12-34(3)13-16/h11,15-16H,4-10,12-13H2,1-3H3,(H,28,35)(H2,27,29,31,32). The van der Waals surface area contributed by atoms with Crippen LogP contribution in [-0.2, 0) is 11.0 Å². The monoisotopic (exact) mass is 526 g/mol. The van der Waals surface area contributed by atoms with E-state index in [2.05, 4.69) is 37.9 Å². The summed E-state index contributed by atoms with van der Waals surface area (Å²) in [6, 6.07) is 0. The first-order valence-electron chi connectivity index (χ1n) is 12.2. The average Bonchev–Trinajstić information content (AvgIpc) is 3.16. The van der Waals surface area contributed by atoms with E-state index in [9.17, 15) is 18.0 Å². The van der Waals surface area contributed by atoms with Crippen LogP contribution in [0.4, 0.5) is 30.8 Å². The Hall–Kier alpha value is -2.51. The molecule has 2 aliphatic heterocycles. The zero-order valence-corrected chi connectivity index (χ0v) is 21.6. The van der Waals surface area contributed by atoms with Crippen LogP contribution in [0.15, 0.2) is 6.20 Å². The second kappa shape index (κ2) is 11.3. The number of likely N-dealkylation sites (tertiary alicyclic amines) is 2. The predicted octanol–water partition coefficient (Wildman–Crippen LogP) is 3.29. The van der Waals surface area contributed by atoms with Crippen molar-refractivity contribution in [3.05, 3.63) is 21.6 Å². The molecule has 0 spiro atoms. The van der Waals surface area contributed by atoms with Crippen LogP contribution in [0.2, 0.25) is 0 Å². The summed E-state index contributed by atoms with van der Waals surface area (Å²) >= 11 is 1.60. The summed E-state index contributed by atoms with van der Waals surface area (Å²) in [4.78, 5) is 30.0. The number of carbonyl (C=O) groups is 1. The summed E-state index contributed by atoms with van der Waals surface area (Å²) in [6.45, 7) is 6.02. The number of rotatable bonds is 9. The van der Waals surface area contributed by atoms with Crippen molar-refractivity contribution >= 4 is 34.8 Å². The third-order valence-electron chi connectivity index (χ3n) is 6.59. The van der Waals surface area contributed by atoms with Crippen LogP contribution in [0.3, 0.4) is 0 Å². The highest BCUT2D eigenvalue weighted by Gasteiger charge is 2.35. The van der Waals surface area contributed by atoms with Crippen molar-refractivity contribution in [1.82, 2.24) is 30.1 Å². The van der Waals surface area contributed by atoms with E-state index >= 15 is 0 Å². The van der Waals surface area contributed by atoms with E-state index in [0.29, 0.717) is 24.7 Å². The molecule has 1 amide bonds. The van der Waals surface area contributed by atoms with Gasteiger partial charge in [0, 0.05) is 43.2 Å². The van der Waals surface area contributed by atoms with Crippen LogP contribution in [0, 0.1) is 12.8 Å². The fourth-order valence-corrected chi connectivity index (χ4v) is 5.42. The zero-order valence-electron chi connectivity index (χ0n) is 20.8. The lowest BCUT2D eigenvalue weighted by Gasteiger charge is -2.34. The van der Waals surface area contributed by atoms with Gasteiger partial charge >= 0.3 is 6.18 Å². The van der Waals surface area contributed by atoms with Gasteiger partial charge in [-0.1, -0.05) is 0 Å². The Morgan fingerprint density at radius 3 is 2.50 bits per heavy atom. The average molecular weight is 527 g/mol. The zero-order chi connectivity index (χ0) is 25.9. The molecule has 2 aliphatic rings. The number of carbonyl (C=O) groups excluding carboxylic acids is 1. The molecule has 0 unspecified atom stereocenters. The number of hydrogen-bond acceptors (Lipinski definition) is 9. The number of anilines is 3. The van der Waals surface area contributed by atoms with Crippen molar-refractivity contribution in [2.75, 3.05) is 64.0 Å². The molecule has 2 aromatic rings. The highest BCUT2D eigenvalue weighted by atomic mass is 32.1. The van der Waals surface area contributed by atoms with E-state index in [1.807, 2.05) is 18.9 Å². The normalized spacial score (nSPS) is 18.2. The number of aromatic nitrogens is 3. The Kier molecular flexibility index (Phi) is 8.30. The minimum Gasteiger partial charge on any atom is -0.369 e. The minimum atomic E-state index is -4.59. The number of nitrogens with one attached hydrogen (secondary N) is 3. The van der Waals surface area contributed by atoms with E-state index in [1.165, 1.54) is 0 Å². The summed E-state index contributed by atoms with van der Waals surface area (Å²) < 4.78 is 40.6. The molecule has 4 heterocycles. The van der Waals surface area contributed by atoms with E-state index in [1.54, 1.807) is 11.3 Å². The van der Waals surface area contributed by atoms with Gasteiger partial charge in [0.2, 0.25) is 11.9 Å². The van der Waals surface area contributed by atoms with Gasteiger partial charge in [0.25, 0.3) is 0 Å². The largest absolute Gasteiger partial charge is 0.421 e. The Labute approximate surface area is 212 Å². The number of aryl methyl sites for hydroxylation is 1. The molecule has 2 fully saturated rings. The van der Waals surface area contributed by atoms with Crippen molar-refractivity contribution in [1.29, 1.82) is 0 Å². The third kappa shape index (κ3) is 6.62. The Bertz CT molecular complexity index is 1050. The molecule has 0 aliphatic carbocycles. The highest BCUT2D eigenvalue weighted by molar-refractivity contribution is 7.12. The van der Waals surface area contributed by atoms with E-state index < -0.39 is 11.7 Å². The van der Waals surface area contributed by atoms with Gasteiger partial charge in [0.1, 0.15) is 17.2 Å². The van der Waals surface area contributed by atoms with Crippen molar-refractivity contribution in [2.24, 2.45) is 5.92 Å². The van der Waals surface area contributed by atoms with Crippen molar-refractivity contribution in [3.8, 4) is 0 Å². The maximum absolute atomic E-state index is 13.5. The van der Waals surface area contributed by atoms with Crippen molar-refractivity contribution < 1.29 is 18.0 Å². The molecule has 0 saturated carbocycles. The molecule has 3 N–H and O–H groups in total. The maximum atomic E-state index is 13.5. The minimum absolute atomic E-state index is 0.00979. The summed E-state index contributed by atoms with van der Waals surface area (Å²) in [6.07, 6.45) is -1.28. The third-order valence-corrected chi connectivity index (χ3v) is 7.72.